The summed E-state index contributed by atoms with van der Waals surface area (Å²) in [6, 6.07) is 14.7. The molecule has 34 heavy (non-hydrogen) atoms. The monoisotopic (exact) mass is 468 g/mol. The topological polar surface area (TPSA) is 67.9 Å². The second kappa shape index (κ2) is 12.4. The Balaban J connectivity index is 2.28. The van der Waals surface area contributed by atoms with Crippen molar-refractivity contribution in [3.05, 3.63) is 59.7 Å². The quantitative estimate of drug-likeness (QED) is 0.499. The van der Waals surface area contributed by atoms with E-state index in [4.69, 9.17) is 9.47 Å². The van der Waals surface area contributed by atoms with Gasteiger partial charge in [-0.3, -0.25) is 9.59 Å². The van der Waals surface area contributed by atoms with Gasteiger partial charge >= 0.3 is 0 Å². The first-order valence-corrected chi connectivity index (χ1v) is 12.1. The Morgan fingerprint density at radius 1 is 1.00 bits per heavy atom. The number of methoxy groups -OCH3 is 1. The normalized spacial score (nSPS) is 13.0. The maximum absolute atomic E-state index is 13.5. The van der Waals surface area contributed by atoms with Crippen LogP contribution < -0.4 is 14.8 Å². The molecule has 2 aromatic carbocycles. The lowest BCUT2D eigenvalue weighted by molar-refractivity contribution is -0.143. The molecule has 186 valence electrons. The van der Waals surface area contributed by atoms with Gasteiger partial charge in [-0.2, -0.15) is 0 Å². The van der Waals surface area contributed by atoms with Crippen molar-refractivity contribution >= 4 is 11.8 Å². The van der Waals surface area contributed by atoms with Crippen molar-refractivity contribution in [1.29, 1.82) is 0 Å². The van der Waals surface area contributed by atoms with Crippen LogP contribution in [0.1, 0.15) is 65.5 Å². The van der Waals surface area contributed by atoms with Crippen LogP contribution in [0.5, 0.6) is 11.5 Å². The highest BCUT2D eigenvalue weighted by Crippen LogP contribution is 2.31. The van der Waals surface area contributed by atoms with E-state index in [2.05, 4.69) is 26.1 Å². The van der Waals surface area contributed by atoms with E-state index in [0.29, 0.717) is 18.7 Å². The molecule has 0 unspecified atom stereocenters. The molecule has 0 saturated heterocycles. The predicted molar refractivity (Wildman–Crippen MR) is 136 cm³/mol. The molecule has 0 heterocycles. The second-order valence-corrected chi connectivity index (χ2v) is 9.65. The van der Waals surface area contributed by atoms with Crippen molar-refractivity contribution < 1.29 is 19.1 Å². The van der Waals surface area contributed by atoms with Crippen molar-refractivity contribution in [2.75, 3.05) is 13.7 Å². The van der Waals surface area contributed by atoms with Crippen LogP contribution in [0.2, 0.25) is 0 Å². The minimum absolute atomic E-state index is 0.0365. The summed E-state index contributed by atoms with van der Waals surface area (Å²) in [4.78, 5) is 28.2. The summed E-state index contributed by atoms with van der Waals surface area (Å²) >= 11 is 0. The SMILES string of the molecule is CC[C@H](C)NC(=O)[C@H](CC)N(Cc1ccc(OC)cc1)C(=O)COc1ccccc1C(C)(C)C. The molecular formula is C28H40N2O4. The first-order valence-electron chi connectivity index (χ1n) is 12.1. The largest absolute Gasteiger partial charge is 0.497 e. The number of ether oxygens (including phenoxy) is 2. The van der Waals surface area contributed by atoms with Crippen LogP contribution in [0.15, 0.2) is 48.5 Å². The van der Waals surface area contributed by atoms with E-state index in [1.165, 1.54) is 0 Å². The number of benzene rings is 2. The van der Waals surface area contributed by atoms with E-state index in [1.54, 1.807) is 12.0 Å². The van der Waals surface area contributed by atoms with Gasteiger partial charge in [0.15, 0.2) is 6.61 Å². The van der Waals surface area contributed by atoms with E-state index in [0.717, 1.165) is 23.3 Å². The number of amides is 2. The van der Waals surface area contributed by atoms with Gasteiger partial charge in [-0.05, 0) is 54.5 Å². The number of hydrogen-bond donors (Lipinski definition) is 1. The lowest BCUT2D eigenvalue weighted by Crippen LogP contribution is -2.51. The van der Waals surface area contributed by atoms with E-state index in [-0.39, 0.29) is 29.9 Å². The molecule has 0 radical (unpaired) electrons. The number of carbonyl (C=O) groups excluding carboxylic acids is 2. The lowest BCUT2D eigenvalue weighted by Gasteiger charge is -2.31. The van der Waals surface area contributed by atoms with Gasteiger partial charge < -0.3 is 19.7 Å². The molecule has 0 spiro atoms. The maximum atomic E-state index is 13.5. The smallest absolute Gasteiger partial charge is 0.261 e. The third-order valence-electron chi connectivity index (χ3n) is 5.95. The molecule has 0 aliphatic rings. The molecule has 0 aromatic heterocycles. The van der Waals surface area contributed by atoms with Gasteiger partial charge in [0.1, 0.15) is 17.5 Å². The Kier molecular flexibility index (Phi) is 9.97. The summed E-state index contributed by atoms with van der Waals surface area (Å²) in [7, 11) is 1.62. The Hall–Kier alpha value is -3.02. The van der Waals surface area contributed by atoms with E-state index in [1.807, 2.05) is 69.3 Å². The van der Waals surface area contributed by atoms with Gasteiger partial charge in [0, 0.05) is 12.6 Å². The number of carbonyl (C=O) groups is 2. The molecule has 0 saturated carbocycles. The summed E-state index contributed by atoms with van der Waals surface area (Å²) in [6.45, 7) is 12.4. The number of nitrogens with zero attached hydrogens (tertiary/aromatic N) is 1. The van der Waals surface area contributed by atoms with Gasteiger partial charge in [-0.1, -0.05) is 65.0 Å². The van der Waals surface area contributed by atoms with Gasteiger partial charge in [-0.15, -0.1) is 0 Å². The van der Waals surface area contributed by atoms with Crippen LogP contribution in [-0.2, 0) is 21.5 Å². The highest BCUT2D eigenvalue weighted by molar-refractivity contribution is 5.88. The maximum Gasteiger partial charge on any atom is 0.261 e. The third-order valence-corrected chi connectivity index (χ3v) is 5.95. The van der Waals surface area contributed by atoms with Crippen molar-refractivity contribution in [3.63, 3.8) is 0 Å². The number of hydrogen-bond acceptors (Lipinski definition) is 4. The van der Waals surface area contributed by atoms with Crippen LogP contribution in [0.4, 0.5) is 0 Å². The van der Waals surface area contributed by atoms with Crippen LogP contribution in [-0.4, -0.2) is 42.5 Å². The molecule has 0 aliphatic carbocycles. The zero-order chi connectivity index (χ0) is 25.3. The molecule has 0 bridgehead atoms. The molecule has 2 rings (SSSR count). The highest BCUT2D eigenvalue weighted by Gasteiger charge is 2.30. The zero-order valence-electron chi connectivity index (χ0n) is 21.7. The van der Waals surface area contributed by atoms with Crippen LogP contribution in [0, 0.1) is 0 Å². The predicted octanol–water partition coefficient (Wildman–Crippen LogP) is 5.09. The van der Waals surface area contributed by atoms with E-state index in [9.17, 15) is 9.59 Å². The molecule has 6 heteroatoms. The van der Waals surface area contributed by atoms with Gasteiger partial charge in [0.2, 0.25) is 5.91 Å². The summed E-state index contributed by atoms with van der Waals surface area (Å²) in [6.07, 6.45) is 1.32. The average molecular weight is 469 g/mol. The molecule has 6 nitrogen and oxygen atoms in total. The Morgan fingerprint density at radius 2 is 1.65 bits per heavy atom. The van der Waals surface area contributed by atoms with E-state index < -0.39 is 6.04 Å². The summed E-state index contributed by atoms with van der Waals surface area (Å²) in [5, 5.41) is 3.03. The molecular weight excluding hydrogens is 428 g/mol. The van der Waals surface area contributed by atoms with Gasteiger partial charge in [-0.25, -0.2) is 0 Å². The Morgan fingerprint density at radius 3 is 2.21 bits per heavy atom. The molecule has 0 aliphatic heterocycles. The average Bonchev–Trinajstić information content (AvgIpc) is 2.82. The minimum Gasteiger partial charge on any atom is -0.497 e. The highest BCUT2D eigenvalue weighted by atomic mass is 16.5. The Labute approximate surface area is 204 Å². The summed E-state index contributed by atoms with van der Waals surface area (Å²) < 4.78 is 11.3. The second-order valence-electron chi connectivity index (χ2n) is 9.65. The molecule has 2 aromatic rings. The van der Waals surface area contributed by atoms with Crippen LogP contribution >= 0.6 is 0 Å². The van der Waals surface area contributed by atoms with Crippen LogP contribution in [0.3, 0.4) is 0 Å². The fourth-order valence-corrected chi connectivity index (χ4v) is 3.72. The van der Waals surface area contributed by atoms with Crippen LogP contribution in [0.25, 0.3) is 0 Å². The van der Waals surface area contributed by atoms with Crippen molar-refractivity contribution in [1.82, 2.24) is 10.2 Å². The third kappa shape index (κ3) is 7.51. The molecule has 2 amide bonds. The first-order chi connectivity index (χ1) is 16.1. The lowest BCUT2D eigenvalue weighted by atomic mass is 9.86. The molecule has 2 atom stereocenters. The minimum atomic E-state index is -0.593. The fourth-order valence-electron chi connectivity index (χ4n) is 3.72. The van der Waals surface area contributed by atoms with Crippen molar-refractivity contribution in [2.45, 2.75) is 78.4 Å². The molecule has 1 N–H and O–H groups in total. The fraction of sp³-hybridized carbons (Fsp3) is 0.500. The number of nitrogens with one attached hydrogen (secondary N) is 1. The number of rotatable bonds is 11. The summed E-state index contributed by atoms with van der Waals surface area (Å²) in [5.74, 6) is 1.05. The Bertz CT molecular complexity index is 934. The molecule has 0 fully saturated rings. The van der Waals surface area contributed by atoms with E-state index >= 15 is 0 Å². The van der Waals surface area contributed by atoms with Gasteiger partial charge in [0.05, 0.1) is 7.11 Å². The first kappa shape index (κ1) is 27.2. The number of para-hydroxylation sites is 1. The van der Waals surface area contributed by atoms with Crippen molar-refractivity contribution in [3.8, 4) is 11.5 Å². The summed E-state index contributed by atoms with van der Waals surface area (Å²) in [5.41, 5.74) is 1.83. The van der Waals surface area contributed by atoms with Crippen molar-refractivity contribution in [2.24, 2.45) is 0 Å². The van der Waals surface area contributed by atoms with Gasteiger partial charge in [0.25, 0.3) is 5.91 Å². The standard InChI is InChI=1S/C28H40N2O4/c1-8-20(3)29-27(32)24(9-2)30(18-21-14-16-22(33-7)17-15-21)26(31)19-34-25-13-11-10-12-23(25)28(4,5)6/h10-17,20,24H,8-9,18-19H2,1-7H3,(H,29,32)/t20-,24-/m0/s1. The zero-order valence-corrected chi connectivity index (χ0v) is 21.7.